The van der Waals surface area contributed by atoms with Gasteiger partial charge < -0.3 is 14.6 Å². The topological polar surface area (TPSA) is 102 Å². The lowest BCUT2D eigenvalue weighted by atomic mass is 9.98. The molecule has 7 nitrogen and oxygen atoms in total. The van der Waals surface area contributed by atoms with E-state index in [1.807, 2.05) is 6.07 Å². The summed E-state index contributed by atoms with van der Waals surface area (Å²) in [6.45, 7) is 6.36. The highest BCUT2D eigenvalue weighted by molar-refractivity contribution is 6.03. The number of hydrogen-bond acceptors (Lipinski definition) is 6. The van der Waals surface area contributed by atoms with Crippen molar-refractivity contribution in [2.45, 2.75) is 39.8 Å². The van der Waals surface area contributed by atoms with Crippen LogP contribution in [-0.2, 0) is 0 Å². The molecule has 1 heterocycles. The molecule has 1 N–H and O–H groups in total. The summed E-state index contributed by atoms with van der Waals surface area (Å²) in [6, 6.07) is 8.27. The minimum Gasteiger partial charge on any atom is -0.494 e. The van der Waals surface area contributed by atoms with E-state index in [1.165, 1.54) is 21.0 Å². The molecule has 1 aromatic carbocycles. The number of hydrogen-bond donors (Lipinski definition) is 1. The summed E-state index contributed by atoms with van der Waals surface area (Å²) in [5.41, 5.74) is -0.758. The van der Waals surface area contributed by atoms with Crippen LogP contribution in [0.4, 0.5) is 0 Å². The van der Waals surface area contributed by atoms with Crippen LogP contribution in [0.1, 0.15) is 48.3 Å². The molecule has 0 spiro atoms. The zero-order valence-corrected chi connectivity index (χ0v) is 15.9. The van der Waals surface area contributed by atoms with Gasteiger partial charge in [0, 0.05) is 6.04 Å². The molecule has 0 aliphatic carbocycles. The number of aromatic nitrogens is 1. The van der Waals surface area contributed by atoms with E-state index in [-0.39, 0.29) is 16.7 Å². The van der Waals surface area contributed by atoms with Gasteiger partial charge in [-0.2, -0.15) is 5.26 Å². The summed E-state index contributed by atoms with van der Waals surface area (Å²) < 4.78 is 12.0. The van der Waals surface area contributed by atoms with Gasteiger partial charge in [-0.1, -0.05) is 12.1 Å². The lowest BCUT2D eigenvalue weighted by Gasteiger charge is -2.21. The maximum absolute atomic E-state index is 13.0. The molecule has 1 atom stereocenters. The Morgan fingerprint density at radius 3 is 2.33 bits per heavy atom. The Morgan fingerprint density at radius 1 is 1.22 bits per heavy atom. The standard InChI is InChI=1S/C20H22N2O5/c1-11(2)22-19(24)14(10-21)12(3)17(20(22)25)18(23)13(4)27-16-9-7-6-8-15(16)26-5/h6-9,11,13,25H,1-5H3. The Hall–Kier alpha value is -3.27. The van der Waals surface area contributed by atoms with Crippen molar-refractivity contribution in [1.29, 1.82) is 5.26 Å². The van der Waals surface area contributed by atoms with Gasteiger partial charge in [0.25, 0.3) is 5.56 Å². The SMILES string of the molecule is COc1ccccc1OC(C)C(=O)c1c(C)c(C#N)c(=O)n(C(C)C)c1O. The van der Waals surface area contributed by atoms with Gasteiger partial charge in [0.1, 0.15) is 11.6 Å². The normalized spacial score (nSPS) is 11.7. The molecule has 1 aromatic heterocycles. The zero-order chi connectivity index (χ0) is 20.3. The van der Waals surface area contributed by atoms with E-state index in [9.17, 15) is 20.0 Å². The first-order chi connectivity index (χ1) is 12.7. The van der Waals surface area contributed by atoms with Crippen LogP contribution in [0.15, 0.2) is 29.1 Å². The molecule has 0 radical (unpaired) electrons. The molecular weight excluding hydrogens is 348 g/mol. The first-order valence-electron chi connectivity index (χ1n) is 8.46. The van der Waals surface area contributed by atoms with Crippen LogP contribution in [-0.4, -0.2) is 28.7 Å². The average Bonchev–Trinajstić information content (AvgIpc) is 2.61. The third-order valence-electron chi connectivity index (χ3n) is 4.25. The average molecular weight is 370 g/mol. The molecule has 0 bridgehead atoms. The highest BCUT2D eigenvalue weighted by atomic mass is 16.5. The molecular formula is C20H22N2O5. The predicted molar refractivity (Wildman–Crippen MR) is 99.6 cm³/mol. The molecule has 2 rings (SSSR count). The second kappa shape index (κ2) is 7.96. The lowest BCUT2D eigenvalue weighted by molar-refractivity contribution is 0.0808. The number of carbonyl (C=O) groups excluding carboxylic acids is 1. The Kier molecular flexibility index (Phi) is 5.91. The molecule has 7 heteroatoms. The number of pyridine rings is 1. The number of nitrogens with zero attached hydrogens (tertiary/aromatic N) is 2. The number of methoxy groups -OCH3 is 1. The monoisotopic (exact) mass is 370 g/mol. The van der Waals surface area contributed by atoms with Gasteiger partial charge >= 0.3 is 0 Å². The van der Waals surface area contributed by atoms with Gasteiger partial charge in [0.2, 0.25) is 11.7 Å². The molecule has 0 fully saturated rings. The minimum absolute atomic E-state index is 0.0951. The van der Waals surface area contributed by atoms with Crippen molar-refractivity contribution in [1.82, 2.24) is 4.57 Å². The number of ketones is 1. The number of ether oxygens (including phenoxy) is 2. The van der Waals surface area contributed by atoms with Crippen molar-refractivity contribution in [3.63, 3.8) is 0 Å². The van der Waals surface area contributed by atoms with E-state index in [0.29, 0.717) is 11.5 Å². The Bertz CT molecular complexity index is 970. The number of Topliss-reactive ketones (excluding diaryl/α,β-unsaturated/α-hetero) is 1. The fourth-order valence-corrected chi connectivity index (χ4v) is 2.86. The molecule has 0 amide bonds. The van der Waals surface area contributed by atoms with Crippen LogP contribution in [0, 0.1) is 18.3 Å². The van der Waals surface area contributed by atoms with Gasteiger partial charge in [-0.15, -0.1) is 0 Å². The Balaban J connectivity index is 2.54. The summed E-state index contributed by atoms with van der Waals surface area (Å²) in [5, 5.41) is 19.9. The smallest absolute Gasteiger partial charge is 0.271 e. The summed E-state index contributed by atoms with van der Waals surface area (Å²) in [5.74, 6) is -0.174. The fourth-order valence-electron chi connectivity index (χ4n) is 2.86. The molecule has 142 valence electrons. The summed E-state index contributed by atoms with van der Waals surface area (Å²) in [6.07, 6.45) is -0.976. The minimum atomic E-state index is -0.976. The van der Waals surface area contributed by atoms with Crippen LogP contribution >= 0.6 is 0 Å². The van der Waals surface area contributed by atoms with Gasteiger partial charge in [-0.25, -0.2) is 0 Å². The highest BCUT2D eigenvalue weighted by Crippen LogP contribution is 2.30. The van der Waals surface area contributed by atoms with Crippen LogP contribution < -0.4 is 15.0 Å². The van der Waals surface area contributed by atoms with Crippen molar-refractivity contribution < 1.29 is 19.4 Å². The number of nitriles is 1. The maximum Gasteiger partial charge on any atom is 0.271 e. The molecule has 0 aliphatic heterocycles. The molecule has 0 saturated carbocycles. The molecule has 0 saturated heterocycles. The number of rotatable bonds is 6. The van der Waals surface area contributed by atoms with Gasteiger partial charge in [-0.3, -0.25) is 14.2 Å². The number of carbonyl (C=O) groups is 1. The van der Waals surface area contributed by atoms with E-state index in [1.54, 1.807) is 38.1 Å². The fraction of sp³-hybridized carbons (Fsp3) is 0.350. The third kappa shape index (κ3) is 3.65. The lowest BCUT2D eigenvalue weighted by Crippen LogP contribution is -2.31. The van der Waals surface area contributed by atoms with Crippen molar-refractivity contribution in [2.24, 2.45) is 0 Å². The molecule has 1 unspecified atom stereocenters. The number of para-hydroxylation sites is 2. The maximum atomic E-state index is 13.0. The van der Waals surface area contributed by atoms with E-state index < -0.39 is 29.4 Å². The van der Waals surface area contributed by atoms with E-state index in [4.69, 9.17) is 9.47 Å². The van der Waals surface area contributed by atoms with Crippen LogP contribution in [0.5, 0.6) is 17.4 Å². The number of aromatic hydroxyl groups is 1. The van der Waals surface area contributed by atoms with Gasteiger partial charge in [0.15, 0.2) is 17.6 Å². The number of benzene rings is 1. The van der Waals surface area contributed by atoms with Gasteiger partial charge in [0.05, 0.1) is 12.7 Å². The van der Waals surface area contributed by atoms with E-state index >= 15 is 0 Å². The summed E-state index contributed by atoms with van der Waals surface area (Å²) >= 11 is 0. The predicted octanol–water partition coefficient (Wildman–Crippen LogP) is 2.97. The van der Waals surface area contributed by atoms with Gasteiger partial charge in [-0.05, 0) is 45.4 Å². The van der Waals surface area contributed by atoms with Crippen molar-refractivity contribution >= 4 is 5.78 Å². The van der Waals surface area contributed by atoms with E-state index in [0.717, 1.165) is 4.57 Å². The quantitative estimate of drug-likeness (QED) is 0.785. The second-order valence-corrected chi connectivity index (χ2v) is 6.35. The highest BCUT2D eigenvalue weighted by Gasteiger charge is 2.29. The Morgan fingerprint density at radius 2 is 1.81 bits per heavy atom. The summed E-state index contributed by atoms with van der Waals surface area (Å²) in [7, 11) is 1.49. The zero-order valence-electron chi connectivity index (χ0n) is 15.9. The first-order valence-corrected chi connectivity index (χ1v) is 8.46. The van der Waals surface area contributed by atoms with Crippen LogP contribution in [0.25, 0.3) is 0 Å². The second-order valence-electron chi connectivity index (χ2n) is 6.35. The Labute approximate surface area is 157 Å². The van der Waals surface area contributed by atoms with Crippen LogP contribution in [0.2, 0.25) is 0 Å². The van der Waals surface area contributed by atoms with Crippen molar-refractivity contribution in [3.8, 4) is 23.4 Å². The van der Waals surface area contributed by atoms with E-state index in [2.05, 4.69) is 0 Å². The molecule has 27 heavy (non-hydrogen) atoms. The van der Waals surface area contributed by atoms with Crippen molar-refractivity contribution in [2.75, 3.05) is 7.11 Å². The largest absolute Gasteiger partial charge is 0.494 e. The third-order valence-corrected chi connectivity index (χ3v) is 4.25. The first kappa shape index (κ1) is 20.0. The van der Waals surface area contributed by atoms with Crippen molar-refractivity contribution in [3.05, 3.63) is 51.3 Å². The summed E-state index contributed by atoms with van der Waals surface area (Å²) in [4.78, 5) is 25.4. The molecule has 0 aliphatic rings. The molecule has 2 aromatic rings. The van der Waals surface area contributed by atoms with Crippen LogP contribution in [0.3, 0.4) is 0 Å².